The van der Waals surface area contributed by atoms with E-state index in [1.54, 1.807) is 0 Å². The van der Waals surface area contributed by atoms with Gasteiger partial charge in [-0.1, -0.05) is 75.3 Å². The summed E-state index contributed by atoms with van der Waals surface area (Å²) < 4.78 is -0.140. The SMILES string of the molecule is Cc1cc(C(C)(C)SCCC(C)(C)CC(C)(C)C)cc(C(C)(C)SCCC(C)(C)CC(C)(C)C)c1O. The number of benzene rings is 1. The van der Waals surface area contributed by atoms with Crippen molar-refractivity contribution in [1.82, 2.24) is 0 Å². The predicted octanol–water partition coefficient (Wildman–Crippen LogP) is 11.3. The Bertz CT molecular complexity index is 848. The summed E-state index contributed by atoms with van der Waals surface area (Å²) in [6.45, 7) is 35.0. The average molecular weight is 537 g/mol. The highest BCUT2D eigenvalue weighted by Crippen LogP contribution is 2.47. The van der Waals surface area contributed by atoms with Gasteiger partial charge in [-0.25, -0.2) is 0 Å². The summed E-state index contributed by atoms with van der Waals surface area (Å²) in [6, 6.07) is 4.50. The van der Waals surface area contributed by atoms with E-state index in [-0.39, 0.29) is 9.49 Å². The largest absolute Gasteiger partial charge is 0.507 e. The first-order valence-corrected chi connectivity index (χ1v) is 16.0. The van der Waals surface area contributed by atoms with E-state index in [1.165, 1.54) is 31.2 Å². The monoisotopic (exact) mass is 536 g/mol. The molecule has 0 saturated heterocycles. The number of thioether (sulfide) groups is 2. The van der Waals surface area contributed by atoms with Crippen molar-refractivity contribution in [3.63, 3.8) is 0 Å². The standard InChI is InChI=1S/C33H60OS2/c1-24-20-25(32(12,13)35-18-16-30(8,9)22-28(2,3)4)21-26(27(24)34)33(14,15)36-19-17-31(10,11)23-29(5,6)7/h20-21,34H,16-19,22-23H2,1-15H3. The quantitative estimate of drug-likeness (QED) is 0.287. The van der Waals surface area contributed by atoms with Crippen molar-refractivity contribution < 1.29 is 5.11 Å². The molecule has 0 amide bonds. The molecule has 0 aliphatic carbocycles. The Morgan fingerprint density at radius 2 is 1.00 bits per heavy atom. The van der Waals surface area contributed by atoms with E-state index < -0.39 is 0 Å². The molecule has 1 rings (SSSR count). The van der Waals surface area contributed by atoms with E-state index in [4.69, 9.17) is 0 Å². The molecule has 0 atom stereocenters. The number of rotatable bonds is 12. The lowest BCUT2D eigenvalue weighted by Crippen LogP contribution is -2.23. The van der Waals surface area contributed by atoms with Crippen LogP contribution in [0.25, 0.3) is 0 Å². The highest BCUT2D eigenvalue weighted by atomic mass is 32.2. The van der Waals surface area contributed by atoms with Crippen LogP contribution in [-0.4, -0.2) is 16.6 Å². The molecule has 0 aliphatic heterocycles. The highest BCUT2D eigenvalue weighted by Gasteiger charge is 2.32. The smallest absolute Gasteiger partial charge is 0.123 e. The Morgan fingerprint density at radius 1 is 0.611 bits per heavy atom. The Balaban J connectivity index is 3.00. The molecule has 0 radical (unpaired) electrons. The van der Waals surface area contributed by atoms with Gasteiger partial charge in [-0.2, -0.15) is 23.5 Å². The molecule has 0 fully saturated rings. The Hall–Kier alpha value is -0.280. The molecule has 0 bridgehead atoms. The molecule has 0 aromatic heterocycles. The fraction of sp³-hybridized carbons (Fsp3) is 0.818. The van der Waals surface area contributed by atoms with Crippen molar-refractivity contribution in [3.05, 3.63) is 28.8 Å². The average Bonchev–Trinajstić information content (AvgIpc) is 2.58. The molecular formula is C33H60OS2. The number of aromatic hydroxyl groups is 1. The molecule has 210 valence electrons. The fourth-order valence-electron chi connectivity index (χ4n) is 5.96. The highest BCUT2D eigenvalue weighted by molar-refractivity contribution is 8.00. The summed E-state index contributed by atoms with van der Waals surface area (Å²) in [4.78, 5) is 0. The molecule has 36 heavy (non-hydrogen) atoms. The topological polar surface area (TPSA) is 20.2 Å². The zero-order chi connectivity index (χ0) is 28.4. The molecule has 0 unspecified atom stereocenters. The number of phenolic OH excluding ortho intramolecular Hbond substituents is 1. The maximum absolute atomic E-state index is 11.1. The fourth-order valence-corrected chi connectivity index (χ4v) is 8.89. The molecule has 3 heteroatoms. The van der Waals surface area contributed by atoms with E-state index >= 15 is 0 Å². The summed E-state index contributed by atoms with van der Waals surface area (Å²) in [6.07, 6.45) is 4.86. The van der Waals surface area contributed by atoms with Crippen molar-refractivity contribution in [2.24, 2.45) is 21.7 Å². The minimum atomic E-state index is -0.141. The third kappa shape index (κ3) is 11.6. The van der Waals surface area contributed by atoms with Crippen LogP contribution in [0.2, 0.25) is 0 Å². The van der Waals surface area contributed by atoms with Gasteiger partial charge in [0.05, 0.1) is 0 Å². The molecule has 0 spiro atoms. The third-order valence-electron chi connectivity index (χ3n) is 7.15. The lowest BCUT2D eigenvalue weighted by Gasteiger charge is -2.35. The molecule has 1 aromatic carbocycles. The van der Waals surface area contributed by atoms with Crippen LogP contribution >= 0.6 is 23.5 Å². The van der Waals surface area contributed by atoms with Gasteiger partial charge in [0.25, 0.3) is 0 Å². The first-order valence-electron chi connectivity index (χ1n) is 14.0. The Kier molecular flexibility index (Phi) is 11.1. The van der Waals surface area contributed by atoms with Crippen molar-refractivity contribution >= 4 is 23.5 Å². The van der Waals surface area contributed by atoms with E-state index in [0.29, 0.717) is 27.4 Å². The van der Waals surface area contributed by atoms with E-state index in [1.807, 2.05) is 11.8 Å². The van der Waals surface area contributed by atoms with Gasteiger partial charge in [0, 0.05) is 15.1 Å². The molecule has 0 heterocycles. The number of hydrogen-bond acceptors (Lipinski definition) is 3. The van der Waals surface area contributed by atoms with Crippen LogP contribution in [0.5, 0.6) is 5.75 Å². The van der Waals surface area contributed by atoms with Gasteiger partial charge in [-0.15, -0.1) is 0 Å². The van der Waals surface area contributed by atoms with E-state index in [9.17, 15) is 5.11 Å². The second kappa shape index (κ2) is 11.8. The van der Waals surface area contributed by atoms with Gasteiger partial charge >= 0.3 is 0 Å². The molecule has 0 saturated carbocycles. The van der Waals surface area contributed by atoms with Crippen LogP contribution in [0.3, 0.4) is 0 Å². The summed E-state index contributed by atoms with van der Waals surface area (Å²) >= 11 is 4.04. The van der Waals surface area contributed by atoms with Gasteiger partial charge in [-0.05, 0) is 111 Å². The first kappa shape index (κ1) is 33.7. The lowest BCUT2D eigenvalue weighted by molar-refractivity contribution is 0.207. The van der Waals surface area contributed by atoms with Gasteiger partial charge in [0.15, 0.2) is 0 Å². The summed E-state index contributed by atoms with van der Waals surface area (Å²) in [5.41, 5.74) is 4.77. The summed E-state index contributed by atoms with van der Waals surface area (Å²) in [5.74, 6) is 2.71. The molecule has 1 nitrogen and oxygen atoms in total. The third-order valence-corrected chi connectivity index (χ3v) is 9.86. The number of phenols is 1. The van der Waals surface area contributed by atoms with Crippen molar-refractivity contribution in [3.8, 4) is 5.75 Å². The molecule has 0 aliphatic rings. The zero-order valence-corrected chi connectivity index (χ0v) is 28.3. The molecule has 1 N–H and O–H groups in total. The van der Waals surface area contributed by atoms with Gasteiger partial charge in [0.1, 0.15) is 5.75 Å². The summed E-state index contributed by atoms with van der Waals surface area (Å²) in [7, 11) is 0. The van der Waals surface area contributed by atoms with Crippen LogP contribution in [0.4, 0.5) is 0 Å². The van der Waals surface area contributed by atoms with Crippen LogP contribution in [0.15, 0.2) is 12.1 Å². The predicted molar refractivity (Wildman–Crippen MR) is 169 cm³/mol. The number of hydrogen-bond donors (Lipinski definition) is 1. The number of aryl methyl sites for hydroxylation is 1. The minimum absolute atomic E-state index is 0.000465. The van der Waals surface area contributed by atoms with Crippen molar-refractivity contribution in [2.75, 3.05) is 11.5 Å². The van der Waals surface area contributed by atoms with Crippen LogP contribution < -0.4 is 0 Å². The Labute approximate surface area is 234 Å². The molecular weight excluding hydrogens is 476 g/mol. The van der Waals surface area contributed by atoms with Gasteiger partial charge in [-0.3, -0.25) is 0 Å². The van der Waals surface area contributed by atoms with Gasteiger partial charge in [0.2, 0.25) is 0 Å². The lowest BCUT2D eigenvalue weighted by atomic mass is 9.75. The van der Waals surface area contributed by atoms with Crippen molar-refractivity contribution in [2.45, 2.75) is 139 Å². The Morgan fingerprint density at radius 3 is 1.39 bits per heavy atom. The van der Waals surface area contributed by atoms with Gasteiger partial charge < -0.3 is 5.11 Å². The minimum Gasteiger partial charge on any atom is -0.507 e. The van der Waals surface area contributed by atoms with Crippen LogP contribution in [-0.2, 0) is 9.49 Å². The first-order chi connectivity index (χ1) is 15.9. The second-order valence-electron chi connectivity index (χ2n) is 16.2. The van der Waals surface area contributed by atoms with Crippen molar-refractivity contribution in [1.29, 1.82) is 0 Å². The van der Waals surface area contributed by atoms with E-state index in [2.05, 4.69) is 128 Å². The maximum atomic E-state index is 11.1. The van der Waals surface area contributed by atoms with Crippen LogP contribution in [0, 0.1) is 28.6 Å². The summed E-state index contributed by atoms with van der Waals surface area (Å²) in [5, 5.41) is 11.1. The van der Waals surface area contributed by atoms with E-state index in [0.717, 1.165) is 22.6 Å². The zero-order valence-electron chi connectivity index (χ0n) is 26.7. The molecule has 1 aromatic rings. The maximum Gasteiger partial charge on any atom is 0.123 e. The normalized spacial score (nSPS) is 14.4. The second-order valence-corrected chi connectivity index (χ2v) is 19.6. The van der Waals surface area contributed by atoms with Crippen LogP contribution in [0.1, 0.15) is 139 Å².